The number of hydrogen-bond acceptors (Lipinski definition) is 7. The van der Waals surface area contributed by atoms with Crippen LogP contribution in [-0.4, -0.2) is 57.8 Å². The van der Waals surface area contributed by atoms with Gasteiger partial charge < -0.3 is 20.5 Å². The molecule has 0 aromatic carbocycles. The van der Waals surface area contributed by atoms with Crippen molar-refractivity contribution in [1.29, 1.82) is 0 Å². The molecule has 4 rings (SSSR count). The summed E-state index contributed by atoms with van der Waals surface area (Å²) < 4.78 is 5.31. The number of amides is 2. The van der Waals surface area contributed by atoms with Gasteiger partial charge in [-0.15, -0.1) is 0 Å². The minimum atomic E-state index is -0.650. The zero-order valence-electron chi connectivity index (χ0n) is 18.9. The lowest BCUT2D eigenvalue weighted by molar-refractivity contribution is -0.134. The summed E-state index contributed by atoms with van der Waals surface area (Å²) in [4.78, 5) is 44.2. The number of carbonyl (C=O) groups is 3. The van der Waals surface area contributed by atoms with E-state index in [2.05, 4.69) is 15.5 Å². The highest BCUT2D eigenvalue weighted by molar-refractivity contribution is 5.96. The maximum atomic E-state index is 13.3. The van der Waals surface area contributed by atoms with Crippen molar-refractivity contribution < 1.29 is 18.9 Å². The van der Waals surface area contributed by atoms with Crippen LogP contribution in [0.5, 0.6) is 0 Å². The predicted octanol–water partition coefficient (Wildman–Crippen LogP) is 1.83. The maximum absolute atomic E-state index is 13.3. The molecule has 176 valence electrons. The lowest BCUT2D eigenvalue weighted by Crippen LogP contribution is -2.52. The number of likely N-dealkylation sites (tertiary alicyclic amines) is 1. The third-order valence-electron chi connectivity index (χ3n) is 6.47. The van der Waals surface area contributed by atoms with Crippen LogP contribution in [0.2, 0.25) is 0 Å². The van der Waals surface area contributed by atoms with E-state index >= 15 is 0 Å². The van der Waals surface area contributed by atoms with Gasteiger partial charge in [-0.05, 0) is 56.6 Å². The number of aromatic nitrogens is 2. The summed E-state index contributed by atoms with van der Waals surface area (Å²) >= 11 is 0. The highest BCUT2D eigenvalue weighted by atomic mass is 16.5. The molecular formula is C24H31N5O4. The highest BCUT2D eigenvalue weighted by Gasteiger charge is 2.35. The number of carbonyl (C=O) groups excluding carboxylic acids is 3. The van der Waals surface area contributed by atoms with E-state index in [1.807, 2.05) is 12.1 Å². The minimum absolute atomic E-state index is 0.0323. The quantitative estimate of drug-likeness (QED) is 0.592. The van der Waals surface area contributed by atoms with Gasteiger partial charge in [-0.1, -0.05) is 11.2 Å². The molecule has 2 aromatic rings. The second-order valence-corrected chi connectivity index (χ2v) is 9.12. The van der Waals surface area contributed by atoms with E-state index in [0.29, 0.717) is 44.7 Å². The molecule has 1 aliphatic heterocycles. The summed E-state index contributed by atoms with van der Waals surface area (Å²) in [6, 6.07) is 4.25. The number of Topliss-reactive ketones (excluding diaryl/α,β-unsaturated/α-hetero) is 1. The number of nitrogens with zero attached hydrogens (tertiary/aromatic N) is 3. The van der Waals surface area contributed by atoms with E-state index in [4.69, 9.17) is 10.3 Å². The molecule has 33 heavy (non-hydrogen) atoms. The lowest BCUT2D eigenvalue weighted by Gasteiger charge is -2.36. The lowest BCUT2D eigenvalue weighted by atomic mass is 9.85. The molecule has 9 nitrogen and oxygen atoms in total. The van der Waals surface area contributed by atoms with Crippen molar-refractivity contribution in [3.05, 3.63) is 47.6 Å². The molecule has 3 N–H and O–H groups in total. The number of nitrogens with one attached hydrogen (secondary N) is 1. The Kier molecular flexibility index (Phi) is 7.17. The average molecular weight is 454 g/mol. The standard InChI is InChI=1S/C24H31N5O4/c1-15(25)24(32)29-11-8-18(9-12-29)22(20(30)7-4-16-3-2-10-26-14-16)27-23(31)19-13-21(33-28-19)17-5-6-17/h2-3,10,13-15,17-18,22H,4-9,11-12,25H2,1H3,(H,27,31)/t15-,22?/m0/s1. The van der Waals surface area contributed by atoms with Crippen molar-refractivity contribution in [2.24, 2.45) is 11.7 Å². The molecule has 3 heterocycles. The zero-order chi connectivity index (χ0) is 23.4. The first-order valence-corrected chi connectivity index (χ1v) is 11.7. The molecule has 2 fully saturated rings. The molecule has 2 atom stereocenters. The first-order chi connectivity index (χ1) is 15.9. The smallest absolute Gasteiger partial charge is 0.274 e. The number of ketones is 1. The predicted molar refractivity (Wildman–Crippen MR) is 120 cm³/mol. The molecule has 0 spiro atoms. The van der Waals surface area contributed by atoms with Gasteiger partial charge in [-0.25, -0.2) is 0 Å². The molecule has 1 unspecified atom stereocenters. The third-order valence-corrected chi connectivity index (χ3v) is 6.47. The normalized spacial score (nSPS) is 18.5. The van der Waals surface area contributed by atoms with E-state index in [1.165, 1.54) is 0 Å². The van der Waals surface area contributed by atoms with Gasteiger partial charge in [0.1, 0.15) is 5.76 Å². The van der Waals surface area contributed by atoms with Gasteiger partial charge >= 0.3 is 0 Å². The van der Waals surface area contributed by atoms with Crippen molar-refractivity contribution in [2.75, 3.05) is 13.1 Å². The van der Waals surface area contributed by atoms with E-state index in [0.717, 1.165) is 24.2 Å². The Hall–Kier alpha value is -3.07. The molecule has 2 aromatic heterocycles. The fourth-order valence-electron chi connectivity index (χ4n) is 4.34. The molecule has 0 bridgehead atoms. The van der Waals surface area contributed by atoms with Crippen LogP contribution in [0.15, 0.2) is 35.1 Å². The maximum Gasteiger partial charge on any atom is 0.274 e. The van der Waals surface area contributed by atoms with E-state index < -0.39 is 18.0 Å². The van der Waals surface area contributed by atoms with Crippen LogP contribution in [0.1, 0.15) is 66.8 Å². The molecule has 1 saturated carbocycles. The Morgan fingerprint density at radius 2 is 2.00 bits per heavy atom. The van der Waals surface area contributed by atoms with Crippen LogP contribution >= 0.6 is 0 Å². The minimum Gasteiger partial charge on any atom is -0.360 e. The Morgan fingerprint density at radius 3 is 2.64 bits per heavy atom. The Balaban J connectivity index is 1.43. The molecular weight excluding hydrogens is 422 g/mol. The van der Waals surface area contributed by atoms with Crippen molar-refractivity contribution in [1.82, 2.24) is 20.4 Å². The fraction of sp³-hybridized carbons (Fsp3) is 0.542. The van der Waals surface area contributed by atoms with Gasteiger partial charge in [0.2, 0.25) is 5.91 Å². The fourth-order valence-corrected chi connectivity index (χ4v) is 4.34. The summed E-state index contributed by atoms with van der Waals surface area (Å²) in [7, 11) is 0. The van der Waals surface area contributed by atoms with Crippen LogP contribution in [0.3, 0.4) is 0 Å². The van der Waals surface area contributed by atoms with E-state index in [9.17, 15) is 14.4 Å². The third kappa shape index (κ3) is 5.84. The van der Waals surface area contributed by atoms with Crippen molar-refractivity contribution in [3.63, 3.8) is 0 Å². The molecule has 2 aliphatic rings. The molecule has 9 heteroatoms. The number of hydrogen-bond donors (Lipinski definition) is 2. The van der Waals surface area contributed by atoms with Crippen LogP contribution in [0, 0.1) is 5.92 Å². The average Bonchev–Trinajstić information content (AvgIpc) is 3.57. The van der Waals surface area contributed by atoms with Gasteiger partial charge in [0.15, 0.2) is 11.5 Å². The number of pyridine rings is 1. The van der Waals surface area contributed by atoms with Crippen molar-refractivity contribution in [2.45, 2.75) is 63.5 Å². The number of nitrogens with two attached hydrogens (primary N) is 1. The van der Waals surface area contributed by atoms with Crippen LogP contribution < -0.4 is 11.1 Å². The number of rotatable bonds is 9. The Morgan fingerprint density at radius 1 is 1.24 bits per heavy atom. The van der Waals surface area contributed by atoms with Gasteiger partial charge in [-0.2, -0.15) is 0 Å². The summed E-state index contributed by atoms with van der Waals surface area (Å²) in [5, 5.41) is 6.83. The van der Waals surface area contributed by atoms with Gasteiger partial charge in [-0.3, -0.25) is 19.4 Å². The molecule has 1 aliphatic carbocycles. The molecule has 2 amide bonds. The second kappa shape index (κ2) is 10.2. The summed E-state index contributed by atoms with van der Waals surface area (Å²) in [6.45, 7) is 2.71. The highest BCUT2D eigenvalue weighted by Crippen LogP contribution is 2.40. The SMILES string of the molecule is C[C@H](N)C(=O)N1CCC(C(NC(=O)c2cc(C3CC3)on2)C(=O)CCc2cccnc2)CC1. The first kappa shape index (κ1) is 23.1. The molecule has 1 saturated heterocycles. The largest absolute Gasteiger partial charge is 0.360 e. The second-order valence-electron chi connectivity index (χ2n) is 9.12. The Labute approximate surface area is 193 Å². The zero-order valence-corrected chi connectivity index (χ0v) is 18.9. The number of aryl methyl sites for hydroxylation is 1. The van der Waals surface area contributed by atoms with E-state index in [-0.39, 0.29) is 23.3 Å². The first-order valence-electron chi connectivity index (χ1n) is 11.7. The summed E-state index contributed by atoms with van der Waals surface area (Å²) in [5.41, 5.74) is 6.91. The topological polar surface area (TPSA) is 131 Å². The van der Waals surface area contributed by atoms with Crippen LogP contribution in [-0.2, 0) is 16.0 Å². The summed E-state index contributed by atoms with van der Waals surface area (Å²) in [5.74, 6) is 0.481. The monoisotopic (exact) mass is 453 g/mol. The van der Waals surface area contributed by atoms with E-state index in [1.54, 1.807) is 30.3 Å². The number of piperidine rings is 1. The van der Waals surface area contributed by atoms with Gasteiger partial charge in [0.05, 0.1) is 12.1 Å². The summed E-state index contributed by atoms with van der Waals surface area (Å²) in [6.07, 6.45) is 7.61. The molecule has 0 radical (unpaired) electrons. The van der Waals surface area contributed by atoms with Gasteiger partial charge in [0, 0.05) is 43.9 Å². The van der Waals surface area contributed by atoms with Crippen molar-refractivity contribution in [3.8, 4) is 0 Å². The van der Waals surface area contributed by atoms with Gasteiger partial charge in [0.25, 0.3) is 5.91 Å². The van der Waals surface area contributed by atoms with Crippen LogP contribution in [0.25, 0.3) is 0 Å². The van der Waals surface area contributed by atoms with Crippen molar-refractivity contribution >= 4 is 17.6 Å². The Bertz CT molecular complexity index is 978. The van der Waals surface area contributed by atoms with Crippen LogP contribution in [0.4, 0.5) is 0 Å².